The third kappa shape index (κ3) is 17.8. The Labute approximate surface area is 375 Å². The summed E-state index contributed by atoms with van der Waals surface area (Å²) in [5.74, 6) is -5.79. The number of rotatable bonds is 23. The van der Waals surface area contributed by atoms with Gasteiger partial charge in [-0.05, 0) is 81.0 Å². The second-order valence-electron chi connectivity index (χ2n) is 15.8. The molecule has 0 saturated heterocycles. The van der Waals surface area contributed by atoms with E-state index in [1.807, 2.05) is 18.2 Å². The van der Waals surface area contributed by atoms with Crippen LogP contribution < -0.4 is 36.5 Å². The van der Waals surface area contributed by atoms with E-state index in [2.05, 4.69) is 35.8 Å². The number of nitrogens with one attached hydrogen (secondary N) is 6. The van der Waals surface area contributed by atoms with E-state index in [1.54, 1.807) is 63.4 Å². The Morgan fingerprint density at radius 2 is 1.38 bits per heavy atom. The Bertz CT molecular complexity index is 2450. The van der Waals surface area contributed by atoms with Crippen LogP contribution in [0, 0.1) is 0 Å². The van der Waals surface area contributed by atoms with Gasteiger partial charge in [0, 0.05) is 42.6 Å². The first kappa shape index (κ1) is 50.4. The highest BCUT2D eigenvalue weighted by Crippen LogP contribution is 2.20. The van der Waals surface area contributed by atoms with Gasteiger partial charge < -0.3 is 51.3 Å². The quantitative estimate of drug-likeness (QED) is 0.0294. The van der Waals surface area contributed by atoms with Crippen LogP contribution >= 0.6 is 0 Å². The zero-order chi connectivity index (χ0) is 47.7. The van der Waals surface area contributed by atoms with Gasteiger partial charge in [-0.15, -0.1) is 0 Å². The molecule has 0 spiro atoms. The molecule has 0 unspecified atom stereocenters. The molecule has 1 aromatic heterocycles. The number of carbonyl (C=O) groups is 7. The number of aromatic amines is 1. The first-order valence-corrected chi connectivity index (χ1v) is 21.8. The van der Waals surface area contributed by atoms with Gasteiger partial charge in [0.05, 0.1) is 6.42 Å². The van der Waals surface area contributed by atoms with E-state index >= 15 is 0 Å². The van der Waals surface area contributed by atoms with Crippen LogP contribution in [-0.4, -0.2) is 101 Å². The van der Waals surface area contributed by atoms with Gasteiger partial charge >= 0.3 is 22.5 Å². The second-order valence-corrected chi connectivity index (χ2v) is 16.9. The number of fused-ring (bicyclic) bond motifs is 1. The number of aliphatic carboxylic acids is 1. The van der Waals surface area contributed by atoms with Gasteiger partial charge in [-0.3, -0.25) is 33.3 Å². The highest BCUT2D eigenvalue weighted by Gasteiger charge is 2.33. The summed E-state index contributed by atoms with van der Waals surface area (Å²) >= 11 is 0. The molecule has 348 valence electrons. The third-order valence-corrected chi connectivity index (χ3v) is 9.82. The molecule has 4 atom stereocenters. The number of primary amides is 1. The van der Waals surface area contributed by atoms with E-state index in [0.29, 0.717) is 16.7 Å². The number of aromatic nitrogens is 1. The van der Waals surface area contributed by atoms with Crippen molar-refractivity contribution in [3.63, 3.8) is 0 Å². The lowest BCUT2D eigenvalue weighted by molar-refractivity contribution is -0.141. The number of para-hydroxylation sites is 1. The first-order valence-electron chi connectivity index (χ1n) is 20.4. The van der Waals surface area contributed by atoms with Gasteiger partial charge in [0.2, 0.25) is 29.5 Å². The van der Waals surface area contributed by atoms with E-state index in [0.717, 1.165) is 10.9 Å². The number of hydrogen-bond donors (Lipinski definition) is 9. The molecule has 0 aliphatic carbocycles. The molecule has 0 aliphatic heterocycles. The van der Waals surface area contributed by atoms with Crippen molar-refractivity contribution in [3.05, 3.63) is 108 Å². The number of nitrogens with two attached hydrogens (primary N) is 1. The zero-order valence-corrected chi connectivity index (χ0v) is 36.7. The number of alkyl carbamates (subject to hydrolysis) is 1. The number of H-pyrrole nitrogens is 1. The molecule has 21 heteroatoms. The first-order chi connectivity index (χ1) is 30.7. The monoisotopic (exact) mass is 919 g/mol. The van der Waals surface area contributed by atoms with Crippen LogP contribution in [0.4, 0.5) is 4.79 Å². The molecule has 4 rings (SSSR count). The van der Waals surface area contributed by atoms with Crippen molar-refractivity contribution in [3.8, 4) is 5.75 Å². The fourth-order valence-electron chi connectivity index (χ4n) is 6.39. The summed E-state index contributed by atoms with van der Waals surface area (Å²) in [7, 11) is -4.70. The minimum absolute atomic E-state index is 0.0225. The van der Waals surface area contributed by atoms with Crippen molar-refractivity contribution in [2.45, 2.75) is 89.1 Å². The molecule has 0 bridgehead atoms. The molecular weight excluding hydrogens is 867 g/mol. The van der Waals surface area contributed by atoms with E-state index in [-0.39, 0.29) is 44.4 Å². The van der Waals surface area contributed by atoms with Gasteiger partial charge in [0.15, 0.2) is 0 Å². The van der Waals surface area contributed by atoms with E-state index in [4.69, 9.17) is 15.0 Å². The molecule has 20 nitrogen and oxygen atoms in total. The predicted octanol–water partition coefficient (Wildman–Crippen LogP) is 2.44. The fraction of sp³-hybridized carbons (Fsp3) is 0.341. The Hall–Kier alpha value is -7.26. The van der Waals surface area contributed by atoms with Crippen LogP contribution in [0.25, 0.3) is 17.0 Å². The number of benzene rings is 3. The summed E-state index contributed by atoms with van der Waals surface area (Å²) < 4.78 is 40.5. The standard InChI is InChI=1S/C44H53N7O13S/c1-44(2,3)63-43(59)51-35(24-29-26-47-32-14-8-7-13-31(29)32)41(57)48-33(15-9-10-22-46-37(52)21-18-27-16-19-30(20-17-27)64-65(60,61)62)40(56)50-36(25-38(53)54)42(58)49-34(39(45)55)23-28-11-5-4-6-12-28/h4-8,11-14,16-21,26,33-36,47H,9-10,15,22-25H2,1-3H3,(H2,45,55)(H,46,52)(H,48,57)(H,49,58)(H,50,56)(H,51,59)(H,53,54)(H,60,61,62)/b21-18+/t33-,34-,35-,36-/m0/s1. The third-order valence-electron chi connectivity index (χ3n) is 9.42. The second kappa shape index (κ2) is 23.4. The van der Waals surface area contributed by atoms with Gasteiger partial charge in [0.25, 0.3) is 0 Å². The van der Waals surface area contributed by atoms with Crippen molar-refractivity contribution >= 4 is 69.0 Å². The lowest BCUT2D eigenvalue weighted by Crippen LogP contribution is -2.59. The predicted molar refractivity (Wildman–Crippen MR) is 237 cm³/mol. The van der Waals surface area contributed by atoms with Crippen LogP contribution in [0.3, 0.4) is 0 Å². The molecule has 1 heterocycles. The van der Waals surface area contributed by atoms with E-state index < -0.39 is 88.2 Å². The molecular formula is C44H53N7O13S. The zero-order valence-electron chi connectivity index (χ0n) is 35.9. The minimum atomic E-state index is -4.70. The van der Waals surface area contributed by atoms with Crippen LogP contribution in [0.15, 0.2) is 91.1 Å². The molecule has 3 aromatic carbocycles. The SMILES string of the molecule is CC(C)(C)OC(=O)N[C@@H](Cc1c[nH]c2ccccc12)C(=O)N[C@@H](CCCCNC(=O)/C=C/c1ccc(OS(=O)(=O)O)cc1)C(=O)N[C@@H](CC(=O)O)C(=O)N[C@@H](Cc1ccccc1)C(N)=O. The topological polar surface area (TPSA) is 315 Å². The molecule has 4 aromatic rings. The average molecular weight is 920 g/mol. The highest BCUT2D eigenvalue weighted by atomic mass is 32.3. The van der Waals surface area contributed by atoms with Gasteiger partial charge in [-0.1, -0.05) is 60.7 Å². The largest absolute Gasteiger partial charge is 0.481 e. The molecule has 6 amide bonds. The van der Waals surface area contributed by atoms with Crippen molar-refractivity contribution in [2.24, 2.45) is 5.73 Å². The molecule has 65 heavy (non-hydrogen) atoms. The molecule has 0 fully saturated rings. The fourth-order valence-corrected chi connectivity index (χ4v) is 6.75. The molecule has 0 aliphatic rings. The van der Waals surface area contributed by atoms with Crippen LogP contribution in [-0.2, 0) is 56.7 Å². The number of hydrogen-bond acceptors (Lipinski definition) is 11. The maximum Gasteiger partial charge on any atom is 0.446 e. The minimum Gasteiger partial charge on any atom is -0.481 e. The number of carboxylic acid groups (broad SMARTS) is 1. The van der Waals surface area contributed by atoms with Crippen LogP contribution in [0.1, 0.15) is 63.1 Å². The Balaban J connectivity index is 1.51. The van der Waals surface area contributed by atoms with Crippen molar-refractivity contribution in [2.75, 3.05) is 6.54 Å². The number of unbranched alkanes of at least 4 members (excludes halogenated alkanes) is 1. The van der Waals surface area contributed by atoms with Crippen molar-refractivity contribution < 1.29 is 60.6 Å². The summed E-state index contributed by atoms with van der Waals surface area (Å²) in [6.45, 7) is 5.04. The van der Waals surface area contributed by atoms with Crippen LogP contribution in [0.2, 0.25) is 0 Å². The number of amides is 6. The van der Waals surface area contributed by atoms with Gasteiger partial charge in [-0.25, -0.2) is 4.79 Å². The Morgan fingerprint density at radius 1 is 0.769 bits per heavy atom. The summed E-state index contributed by atoms with van der Waals surface area (Å²) in [5, 5.41) is 23.2. The molecule has 0 saturated carbocycles. The smallest absolute Gasteiger partial charge is 0.446 e. The Kier molecular flexibility index (Phi) is 18.2. The van der Waals surface area contributed by atoms with E-state index in [9.17, 15) is 47.1 Å². The van der Waals surface area contributed by atoms with Crippen molar-refractivity contribution in [1.29, 1.82) is 0 Å². The normalized spacial score (nSPS) is 13.4. The summed E-state index contributed by atoms with van der Waals surface area (Å²) in [6, 6.07) is 15.6. The number of carbonyl (C=O) groups excluding carboxylic acids is 6. The van der Waals surface area contributed by atoms with Crippen molar-refractivity contribution in [1.82, 2.24) is 31.6 Å². The maximum absolute atomic E-state index is 14.2. The van der Waals surface area contributed by atoms with Gasteiger partial charge in [-0.2, -0.15) is 8.42 Å². The molecule has 10 N–H and O–H groups in total. The lowest BCUT2D eigenvalue weighted by Gasteiger charge is -2.26. The maximum atomic E-state index is 14.2. The number of carboxylic acids is 1. The lowest BCUT2D eigenvalue weighted by atomic mass is 10.0. The Morgan fingerprint density at radius 3 is 2.03 bits per heavy atom. The van der Waals surface area contributed by atoms with Crippen LogP contribution in [0.5, 0.6) is 5.75 Å². The highest BCUT2D eigenvalue weighted by molar-refractivity contribution is 7.81. The average Bonchev–Trinajstić information content (AvgIpc) is 3.63. The van der Waals surface area contributed by atoms with E-state index in [1.165, 1.54) is 36.4 Å². The number of ether oxygens (including phenoxy) is 1. The van der Waals surface area contributed by atoms with Gasteiger partial charge in [0.1, 0.15) is 35.5 Å². The summed E-state index contributed by atoms with van der Waals surface area (Å²) in [5.41, 5.74) is 7.23. The molecule has 0 radical (unpaired) electrons. The summed E-state index contributed by atoms with van der Waals surface area (Å²) in [4.78, 5) is 94.8. The summed E-state index contributed by atoms with van der Waals surface area (Å²) in [6.07, 6.45) is 2.83.